The van der Waals surface area contributed by atoms with Gasteiger partial charge < -0.3 is 10.1 Å². The Hall–Kier alpha value is -2.63. The molecule has 0 saturated heterocycles. The largest absolute Gasteiger partial charge is 0.496 e. The summed E-state index contributed by atoms with van der Waals surface area (Å²) in [6.45, 7) is 0. The molecule has 0 aliphatic rings. The first-order valence-electron chi connectivity index (χ1n) is 8.53. The zero-order chi connectivity index (χ0) is 21.9. The molecule has 3 rings (SSSR count). The molecule has 0 aliphatic heterocycles. The van der Waals surface area contributed by atoms with Crippen LogP contribution in [0.2, 0.25) is 0 Å². The maximum atomic E-state index is 14.4. The lowest BCUT2D eigenvalue weighted by Crippen LogP contribution is -2.05. The van der Waals surface area contributed by atoms with Gasteiger partial charge in [0.25, 0.3) is 0 Å². The van der Waals surface area contributed by atoms with Gasteiger partial charge in [-0.2, -0.15) is 4.47 Å². The summed E-state index contributed by atoms with van der Waals surface area (Å²) >= 11 is 3.40. The topological polar surface area (TPSA) is 102 Å². The minimum Gasteiger partial charge on any atom is -0.496 e. The summed E-state index contributed by atoms with van der Waals surface area (Å²) < 4.78 is 49.4. The SMILES string of the molecule is COc1cc(F)ccc1-c1nc(Nc2cc(Br)cc(CS(C)(=O)=NN)c2)ncc1F. The summed E-state index contributed by atoms with van der Waals surface area (Å²) in [5.41, 5.74) is 1.54. The summed E-state index contributed by atoms with van der Waals surface area (Å²) in [7, 11) is -1.20. The predicted molar refractivity (Wildman–Crippen MR) is 116 cm³/mol. The summed E-state index contributed by atoms with van der Waals surface area (Å²) in [6.07, 6.45) is 2.48. The maximum absolute atomic E-state index is 14.4. The zero-order valence-corrected chi connectivity index (χ0v) is 18.4. The molecule has 1 aromatic heterocycles. The van der Waals surface area contributed by atoms with Gasteiger partial charge in [-0.25, -0.2) is 28.8 Å². The third-order valence-corrected chi connectivity index (χ3v) is 5.81. The number of benzene rings is 2. The molecule has 3 N–H and O–H groups in total. The molecule has 0 radical (unpaired) electrons. The van der Waals surface area contributed by atoms with E-state index in [0.29, 0.717) is 5.69 Å². The van der Waals surface area contributed by atoms with Gasteiger partial charge in [-0.1, -0.05) is 15.9 Å². The minimum absolute atomic E-state index is 0.0434. The lowest BCUT2D eigenvalue weighted by molar-refractivity contribution is 0.412. The molecule has 7 nitrogen and oxygen atoms in total. The van der Waals surface area contributed by atoms with E-state index in [9.17, 15) is 13.0 Å². The molecule has 0 spiro atoms. The van der Waals surface area contributed by atoms with Crippen LogP contribution in [-0.4, -0.2) is 27.5 Å². The average molecular weight is 498 g/mol. The van der Waals surface area contributed by atoms with Gasteiger partial charge in [0, 0.05) is 28.0 Å². The Morgan fingerprint density at radius 3 is 2.73 bits per heavy atom. The van der Waals surface area contributed by atoms with Crippen molar-refractivity contribution in [2.24, 2.45) is 10.3 Å². The second-order valence-corrected chi connectivity index (χ2v) is 9.75. The number of halogens is 3. The summed E-state index contributed by atoms with van der Waals surface area (Å²) in [6, 6.07) is 9.01. The monoisotopic (exact) mass is 497 g/mol. The van der Waals surface area contributed by atoms with E-state index in [4.69, 9.17) is 10.6 Å². The third-order valence-electron chi connectivity index (χ3n) is 4.03. The highest BCUT2D eigenvalue weighted by atomic mass is 79.9. The van der Waals surface area contributed by atoms with Crippen LogP contribution in [0.25, 0.3) is 11.3 Å². The normalized spacial score (nSPS) is 12.9. The van der Waals surface area contributed by atoms with Crippen molar-refractivity contribution in [2.45, 2.75) is 5.75 Å². The molecule has 158 valence electrons. The highest BCUT2D eigenvalue weighted by molar-refractivity contribution is 9.10. The Morgan fingerprint density at radius 2 is 2.03 bits per heavy atom. The Balaban J connectivity index is 1.97. The van der Waals surface area contributed by atoms with Gasteiger partial charge in [0.05, 0.1) is 28.8 Å². The standard InChI is InChI=1S/C19H18BrF2N5O2S/c1-29-17-8-13(21)3-4-15(17)18-16(22)9-24-19(26-18)25-14-6-11(5-12(20)7-14)10-30(2,28)27-23/h3-9H,10,23H2,1-2H3,(H,24,25,26). The third kappa shape index (κ3) is 5.29. The van der Waals surface area contributed by atoms with Gasteiger partial charge in [-0.15, -0.1) is 0 Å². The Morgan fingerprint density at radius 1 is 1.27 bits per heavy atom. The molecule has 1 atom stereocenters. The molecule has 0 amide bonds. The fourth-order valence-electron chi connectivity index (χ4n) is 2.76. The highest BCUT2D eigenvalue weighted by Gasteiger charge is 2.15. The molecule has 0 fully saturated rings. The van der Waals surface area contributed by atoms with E-state index < -0.39 is 21.4 Å². The first-order valence-corrected chi connectivity index (χ1v) is 11.4. The van der Waals surface area contributed by atoms with Crippen LogP contribution >= 0.6 is 15.9 Å². The molecule has 2 aromatic carbocycles. The Bertz CT molecular complexity index is 1220. The van der Waals surface area contributed by atoms with Gasteiger partial charge in [-0.05, 0) is 35.9 Å². The molecule has 0 aliphatic carbocycles. The first-order chi connectivity index (χ1) is 14.2. The number of nitrogens with one attached hydrogen (secondary N) is 1. The molecule has 3 aromatic rings. The lowest BCUT2D eigenvalue weighted by Gasteiger charge is -2.12. The van der Waals surface area contributed by atoms with Crippen molar-refractivity contribution in [1.29, 1.82) is 0 Å². The molecule has 11 heteroatoms. The van der Waals surface area contributed by atoms with Crippen LogP contribution in [0.15, 0.2) is 51.5 Å². The molecule has 0 bridgehead atoms. The average Bonchev–Trinajstić information content (AvgIpc) is 2.68. The number of rotatable bonds is 6. The zero-order valence-electron chi connectivity index (χ0n) is 16.0. The number of hydrogen-bond donors (Lipinski definition) is 2. The maximum Gasteiger partial charge on any atom is 0.227 e. The molecule has 0 saturated carbocycles. The number of nitrogens with zero attached hydrogens (tertiary/aromatic N) is 3. The fourth-order valence-corrected chi connectivity index (χ4v) is 4.16. The van der Waals surface area contributed by atoms with Crippen molar-refractivity contribution < 1.29 is 17.7 Å². The summed E-state index contributed by atoms with van der Waals surface area (Å²) in [4.78, 5) is 8.18. The molecule has 1 heterocycles. The number of methoxy groups -OCH3 is 1. The van der Waals surface area contributed by atoms with Crippen molar-refractivity contribution >= 4 is 37.3 Å². The van der Waals surface area contributed by atoms with E-state index in [1.165, 1.54) is 25.5 Å². The van der Waals surface area contributed by atoms with Crippen LogP contribution < -0.4 is 15.9 Å². The van der Waals surface area contributed by atoms with E-state index in [2.05, 4.69) is 35.7 Å². The molecule has 30 heavy (non-hydrogen) atoms. The number of hydrogen-bond acceptors (Lipinski definition) is 6. The number of anilines is 2. The molecule has 1 unspecified atom stereocenters. The van der Waals surface area contributed by atoms with E-state index >= 15 is 0 Å². The summed E-state index contributed by atoms with van der Waals surface area (Å²) in [5, 5.41) is 2.99. The lowest BCUT2D eigenvalue weighted by atomic mass is 10.1. The molecular formula is C19H18BrF2N5O2S. The van der Waals surface area contributed by atoms with Gasteiger partial charge in [0.2, 0.25) is 5.95 Å². The van der Waals surface area contributed by atoms with Crippen LogP contribution in [0, 0.1) is 11.6 Å². The van der Waals surface area contributed by atoms with Crippen molar-refractivity contribution in [2.75, 3.05) is 18.7 Å². The number of aromatic nitrogens is 2. The van der Waals surface area contributed by atoms with Gasteiger partial charge >= 0.3 is 0 Å². The second kappa shape index (κ2) is 9.02. The predicted octanol–water partition coefficient (Wildman–Crippen LogP) is 4.41. The van der Waals surface area contributed by atoms with E-state index in [-0.39, 0.29) is 28.7 Å². The van der Waals surface area contributed by atoms with Crippen LogP contribution in [0.3, 0.4) is 0 Å². The van der Waals surface area contributed by atoms with Crippen LogP contribution in [0.4, 0.5) is 20.4 Å². The quantitative estimate of drug-likeness (QED) is 0.386. The van der Waals surface area contributed by atoms with E-state index in [0.717, 1.165) is 22.3 Å². The van der Waals surface area contributed by atoms with Gasteiger partial charge in [-0.3, -0.25) is 0 Å². The fraction of sp³-hybridized carbons (Fsp3) is 0.158. The van der Waals surface area contributed by atoms with Crippen molar-refractivity contribution in [3.8, 4) is 17.0 Å². The van der Waals surface area contributed by atoms with Gasteiger partial charge in [0.15, 0.2) is 5.82 Å². The van der Waals surface area contributed by atoms with Crippen molar-refractivity contribution in [3.05, 3.63) is 64.3 Å². The highest BCUT2D eigenvalue weighted by Crippen LogP contribution is 2.32. The number of nitrogens with two attached hydrogens (primary N) is 1. The van der Waals surface area contributed by atoms with Crippen LogP contribution in [0.5, 0.6) is 5.75 Å². The number of ether oxygens (including phenoxy) is 1. The minimum atomic E-state index is -2.56. The molecular weight excluding hydrogens is 480 g/mol. The van der Waals surface area contributed by atoms with Crippen LogP contribution in [0.1, 0.15) is 5.56 Å². The Labute approximate surface area is 181 Å². The van der Waals surface area contributed by atoms with E-state index in [1.807, 2.05) is 0 Å². The van der Waals surface area contributed by atoms with Crippen molar-refractivity contribution in [3.63, 3.8) is 0 Å². The van der Waals surface area contributed by atoms with Crippen molar-refractivity contribution in [1.82, 2.24) is 9.97 Å². The second-order valence-electron chi connectivity index (χ2n) is 6.42. The van der Waals surface area contributed by atoms with Gasteiger partial charge in [0.1, 0.15) is 17.3 Å². The first kappa shape index (κ1) is 22.1. The van der Waals surface area contributed by atoms with E-state index in [1.54, 1.807) is 18.2 Å². The summed E-state index contributed by atoms with van der Waals surface area (Å²) in [5.74, 6) is 4.42. The Kier molecular flexibility index (Phi) is 6.64. The smallest absolute Gasteiger partial charge is 0.227 e. The van der Waals surface area contributed by atoms with Crippen LogP contribution in [-0.2, 0) is 15.5 Å².